The Balaban J connectivity index is 1.39. The van der Waals surface area contributed by atoms with Crippen LogP contribution in [0, 0.1) is 0 Å². The van der Waals surface area contributed by atoms with E-state index in [-0.39, 0.29) is 31.0 Å². The average Bonchev–Trinajstić information content (AvgIpc) is 2.81. The minimum Gasteiger partial charge on any atom is -0.437 e. The van der Waals surface area contributed by atoms with Crippen molar-refractivity contribution in [2.45, 2.75) is 31.2 Å². The number of piperidine rings is 1. The Morgan fingerprint density at radius 3 is 2.76 bits per heavy atom. The molecule has 0 aliphatic carbocycles. The number of ether oxygens (including phenoxy) is 1. The molecule has 1 saturated heterocycles. The van der Waals surface area contributed by atoms with Crippen molar-refractivity contribution in [3.8, 4) is 11.6 Å². The van der Waals surface area contributed by atoms with Gasteiger partial charge in [0.15, 0.2) is 0 Å². The van der Waals surface area contributed by atoms with Crippen LogP contribution in [0.2, 0.25) is 0 Å². The van der Waals surface area contributed by atoms with Crippen LogP contribution in [0.5, 0.6) is 11.6 Å². The summed E-state index contributed by atoms with van der Waals surface area (Å²) >= 11 is 0. The fourth-order valence-electron chi connectivity index (χ4n) is 3.71. The number of nitrogens with zero attached hydrogens (tertiary/aromatic N) is 3. The van der Waals surface area contributed by atoms with E-state index < -0.39 is 17.9 Å². The van der Waals surface area contributed by atoms with Gasteiger partial charge < -0.3 is 15.0 Å². The number of pyridine rings is 3. The van der Waals surface area contributed by atoms with Gasteiger partial charge >= 0.3 is 0 Å². The average molecular weight is 455 g/mol. The van der Waals surface area contributed by atoms with Gasteiger partial charge in [-0.1, -0.05) is 12.1 Å². The predicted octanol–water partition coefficient (Wildman–Crippen LogP) is 3.41. The molecule has 3 aromatic rings. The molecule has 33 heavy (non-hydrogen) atoms. The molecule has 2 N–H and O–H groups in total. The minimum atomic E-state index is -2.93. The first-order chi connectivity index (χ1) is 15.8. The maximum atomic E-state index is 14.6. The fraction of sp³-hybridized carbons (Fsp3) is 0.304. The summed E-state index contributed by atoms with van der Waals surface area (Å²) < 4.78 is 34.8. The maximum Gasteiger partial charge on any atom is 0.257 e. The van der Waals surface area contributed by atoms with E-state index in [1.165, 1.54) is 24.5 Å². The molecule has 1 fully saturated rings. The van der Waals surface area contributed by atoms with Crippen molar-refractivity contribution < 1.29 is 18.3 Å². The number of hydrogen-bond donors (Lipinski definition) is 2. The number of H-pyrrole nitrogens is 1. The second kappa shape index (κ2) is 9.45. The summed E-state index contributed by atoms with van der Waals surface area (Å²) in [6.07, 6.45) is 4.00. The smallest absolute Gasteiger partial charge is 0.257 e. The lowest BCUT2D eigenvalue weighted by Gasteiger charge is -2.40. The van der Waals surface area contributed by atoms with Gasteiger partial charge in [0.05, 0.1) is 18.2 Å². The van der Waals surface area contributed by atoms with Crippen molar-refractivity contribution in [2.24, 2.45) is 0 Å². The van der Waals surface area contributed by atoms with Crippen molar-refractivity contribution in [1.29, 1.82) is 0 Å². The normalized spacial score (nSPS) is 18.9. The number of carbonyl (C=O) groups excluding carboxylic acids is 1. The molecular weight excluding hydrogens is 432 g/mol. The number of aromatic nitrogens is 3. The van der Waals surface area contributed by atoms with Crippen molar-refractivity contribution >= 4 is 11.7 Å². The summed E-state index contributed by atoms with van der Waals surface area (Å²) in [5.74, 6) is -3.22. The third-order valence-electron chi connectivity index (χ3n) is 5.64. The van der Waals surface area contributed by atoms with E-state index in [2.05, 4.69) is 20.3 Å². The Bertz CT molecular complexity index is 1130. The first kappa shape index (κ1) is 22.5. The van der Waals surface area contributed by atoms with Gasteiger partial charge in [-0.2, -0.15) is 0 Å². The summed E-state index contributed by atoms with van der Waals surface area (Å²) in [6.45, 7) is 1.73. The molecule has 10 heteroatoms. The predicted molar refractivity (Wildman–Crippen MR) is 118 cm³/mol. The SMILES string of the molecule is CC(C(=O)Nc1ccc(Oc2ccccn2)cn1)N1CCC(F)(F)C(c2ccc(=O)[nH]c2)C1. The summed E-state index contributed by atoms with van der Waals surface area (Å²) in [6, 6.07) is 10.5. The lowest BCUT2D eigenvalue weighted by molar-refractivity contribution is -0.125. The Labute approximate surface area is 188 Å². The number of carbonyl (C=O) groups is 1. The molecule has 2 unspecified atom stereocenters. The lowest BCUT2D eigenvalue weighted by Crippen LogP contribution is -2.52. The number of rotatable bonds is 6. The van der Waals surface area contributed by atoms with Crippen molar-refractivity contribution in [3.63, 3.8) is 0 Å². The van der Waals surface area contributed by atoms with Crippen LogP contribution in [0.4, 0.5) is 14.6 Å². The van der Waals surface area contributed by atoms with Crippen LogP contribution >= 0.6 is 0 Å². The molecule has 0 spiro atoms. The summed E-state index contributed by atoms with van der Waals surface area (Å²) in [5.41, 5.74) is -0.0199. The van der Waals surface area contributed by atoms with Crippen LogP contribution in [-0.2, 0) is 4.79 Å². The van der Waals surface area contributed by atoms with E-state index in [0.717, 1.165) is 0 Å². The topological polar surface area (TPSA) is 100 Å². The highest BCUT2D eigenvalue weighted by Gasteiger charge is 2.46. The monoisotopic (exact) mass is 455 g/mol. The van der Waals surface area contributed by atoms with E-state index in [9.17, 15) is 18.4 Å². The first-order valence-electron chi connectivity index (χ1n) is 10.5. The standard InChI is InChI=1S/C23H23F2N5O3/c1-15(30-11-9-23(24,25)18(14-30)16-5-8-20(31)28-12-16)22(32)29-19-7-6-17(13-27-19)33-21-4-2-3-10-26-21/h2-8,10,12-13,15,18H,9,11,14H2,1H3,(H,28,31)(H,27,29,32). The highest BCUT2D eigenvalue weighted by molar-refractivity contribution is 5.93. The summed E-state index contributed by atoms with van der Waals surface area (Å²) in [7, 11) is 0. The van der Waals surface area contributed by atoms with Crippen molar-refractivity contribution in [2.75, 3.05) is 18.4 Å². The van der Waals surface area contributed by atoms with Crippen LogP contribution in [0.15, 0.2) is 65.8 Å². The number of amides is 1. The number of hydrogen-bond acceptors (Lipinski definition) is 6. The Hall–Kier alpha value is -3.66. The zero-order valence-corrected chi connectivity index (χ0v) is 17.9. The highest BCUT2D eigenvalue weighted by Crippen LogP contribution is 2.40. The number of aromatic amines is 1. The van der Waals surface area contributed by atoms with Crippen LogP contribution in [0.1, 0.15) is 24.8 Å². The number of likely N-dealkylation sites (tertiary alicyclic amines) is 1. The van der Waals surface area contributed by atoms with Gasteiger partial charge in [0.2, 0.25) is 17.3 Å². The molecule has 172 valence electrons. The zero-order chi connectivity index (χ0) is 23.4. The molecule has 3 aromatic heterocycles. The Kier molecular flexibility index (Phi) is 6.45. The van der Waals surface area contributed by atoms with E-state index >= 15 is 0 Å². The molecule has 2 atom stereocenters. The van der Waals surface area contributed by atoms with Crippen LogP contribution in [0.25, 0.3) is 0 Å². The van der Waals surface area contributed by atoms with Gasteiger partial charge in [-0.3, -0.25) is 14.5 Å². The lowest BCUT2D eigenvalue weighted by atomic mass is 9.87. The molecule has 0 saturated carbocycles. The van der Waals surface area contributed by atoms with Gasteiger partial charge in [0.25, 0.3) is 5.92 Å². The fourth-order valence-corrected chi connectivity index (χ4v) is 3.71. The zero-order valence-electron chi connectivity index (χ0n) is 17.9. The molecule has 1 aliphatic rings. The minimum absolute atomic E-state index is 0.0160. The van der Waals surface area contributed by atoms with Gasteiger partial charge in [0.1, 0.15) is 11.6 Å². The Morgan fingerprint density at radius 1 is 1.24 bits per heavy atom. The van der Waals surface area contributed by atoms with Crippen molar-refractivity contribution in [1.82, 2.24) is 19.9 Å². The van der Waals surface area contributed by atoms with E-state index in [0.29, 0.717) is 23.0 Å². The quantitative estimate of drug-likeness (QED) is 0.591. The highest BCUT2D eigenvalue weighted by atomic mass is 19.3. The number of anilines is 1. The van der Waals surface area contributed by atoms with E-state index in [1.54, 1.807) is 48.4 Å². The second-order valence-corrected chi connectivity index (χ2v) is 7.86. The van der Waals surface area contributed by atoms with Gasteiger partial charge in [-0.05, 0) is 30.7 Å². The molecule has 0 aromatic carbocycles. The first-order valence-corrected chi connectivity index (χ1v) is 10.5. The third kappa shape index (κ3) is 5.40. The molecule has 8 nitrogen and oxygen atoms in total. The summed E-state index contributed by atoms with van der Waals surface area (Å²) in [4.78, 5) is 36.5. The van der Waals surface area contributed by atoms with Crippen LogP contribution in [-0.4, -0.2) is 50.8 Å². The number of halogens is 2. The molecule has 1 aliphatic heterocycles. The van der Waals surface area contributed by atoms with Crippen LogP contribution < -0.4 is 15.6 Å². The second-order valence-electron chi connectivity index (χ2n) is 7.86. The van der Waals surface area contributed by atoms with Gasteiger partial charge in [-0.25, -0.2) is 18.7 Å². The van der Waals surface area contributed by atoms with Crippen molar-refractivity contribution in [3.05, 3.63) is 77.0 Å². The Morgan fingerprint density at radius 2 is 2.09 bits per heavy atom. The van der Waals surface area contributed by atoms with Gasteiger partial charge in [-0.15, -0.1) is 0 Å². The molecule has 0 radical (unpaired) electrons. The largest absolute Gasteiger partial charge is 0.437 e. The number of alkyl halides is 2. The molecule has 1 amide bonds. The van der Waals surface area contributed by atoms with E-state index in [4.69, 9.17) is 4.74 Å². The third-order valence-corrected chi connectivity index (χ3v) is 5.64. The molecular formula is C23H23F2N5O3. The summed E-state index contributed by atoms with van der Waals surface area (Å²) in [5, 5.41) is 2.71. The van der Waals surface area contributed by atoms with E-state index in [1.807, 2.05) is 0 Å². The van der Waals surface area contributed by atoms with Crippen LogP contribution in [0.3, 0.4) is 0 Å². The maximum absolute atomic E-state index is 14.6. The molecule has 0 bridgehead atoms. The van der Waals surface area contributed by atoms with Gasteiger partial charge in [0, 0.05) is 44.0 Å². The molecule has 4 rings (SSSR count). The molecule has 4 heterocycles. The number of nitrogens with one attached hydrogen (secondary N) is 2.